The number of nitrogens with zero attached hydrogens (tertiary/aromatic N) is 1. The van der Waals surface area contributed by atoms with Crippen LogP contribution in [0.3, 0.4) is 0 Å². The lowest BCUT2D eigenvalue weighted by Crippen LogP contribution is -2.36. The molecule has 70 valence electrons. The van der Waals surface area contributed by atoms with Crippen LogP contribution in [0.5, 0.6) is 0 Å². The summed E-state index contributed by atoms with van der Waals surface area (Å²) in [4.78, 5) is 11.3. The standard InChI is InChI=1S/C9H11NO3/c1-4-6-13-9(3,7-10-12)8(11)5-2/h1H,5-6H2,2-3H3. The highest BCUT2D eigenvalue weighted by molar-refractivity contribution is 5.89. The molecule has 0 aromatic heterocycles. The number of hydrogen-bond donors (Lipinski definition) is 0. The number of ether oxygens (including phenoxy) is 1. The molecule has 0 saturated heterocycles. The van der Waals surface area contributed by atoms with Crippen LogP contribution in [-0.2, 0) is 9.53 Å². The molecular formula is C9H11NO3. The van der Waals surface area contributed by atoms with Crippen LogP contribution in [0.15, 0.2) is 0 Å². The minimum absolute atomic E-state index is 0.0508. The van der Waals surface area contributed by atoms with E-state index in [4.69, 9.17) is 11.2 Å². The third-order valence-corrected chi connectivity index (χ3v) is 1.56. The Bertz CT molecular complexity index is 281. The second-order valence-corrected chi connectivity index (χ2v) is 2.51. The molecule has 0 aliphatic heterocycles. The van der Waals surface area contributed by atoms with E-state index in [1.807, 2.05) is 6.07 Å². The van der Waals surface area contributed by atoms with E-state index in [2.05, 4.69) is 10.9 Å². The van der Waals surface area contributed by atoms with Gasteiger partial charge in [0.05, 0.1) is 0 Å². The zero-order chi connectivity index (χ0) is 10.3. The van der Waals surface area contributed by atoms with Gasteiger partial charge in [-0.05, 0) is 6.92 Å². The zero-order valence-electron chi connectivity index (χ0n) is 7.66. The van der Waals surface area contributed by atoms with E-state index in [0.717, 1.165) is 0 Å². The minimum atomic E-state index is -1.40. The summed E-state index contributed by atoms with van der Waals surface area (Å²) in [6.45, 7) is 3.02. The van der Waals surface area contributed by atoms with E-state index in [-0.39, 0.29) is 18.8 Å². The van der Waals surface area contributed by atoms with Crippen LogP contribution >= 0.6 is 0 Å². The number of terminal acetylenes is 1. The van der Waals surface area contributed by atoms with Crippen molar-refractivity contribution < 1.29 is 9.53 Å². The first-order valence-electron chi connectivity index (χ1n) is 3.81. The van der Waals surface area contributed by atoms with Crippen LogP contribution < -0.4 is 0 Å². The first-order chi connectivity index (χ1) is 6.10. The number of hydrogen-bond acceptors (Lipinski definition) is 3. The first kappa shape index (κ1) is 11.5. The Morgan fingerprint density at radius 1 is 1.77 bits per heavy atom. The van der Waals surface area contributed by atoms with E-state index in [9.17, 15) is 10.0 Å². The van der Waals surface area contributed by atoms with Crippen molar-refractivity contribution in [3.8, 4) is 18.4 Å². The fraction of sp³-hybridized carbons (Fsp3) is 0.556. The summed E-state index contributed by atoms with van der Waals surface area (Å²) in [6.07, 6.45) is 5.19. The number of rotatable bonds is 4. The normalized spacial score (nSPS) is 13.3. The fourth-order valence-electron chi connectivity index (χ4n) is 0.786. The highest BCUT2D eigenvalue weighted by atomic mass is 16.5. The van der Waals surface area contributed by atoms with Crippen molar-refractivity contribution in [1.82, 2.24) is 0 Å². The zero-order valence-corrected chi connectivity index (χ0v) is 7.66. The molecule has 1 unspecified atom stereocenters. The van der Waals surface area contributed by atoms with Gasteiger partial charge in [-0.25, -0.2) is 0 Å². The summed E-state index contributed by atoms with van der Waals surface area (Å²) in [6, 6.07) is 2.05. The van der Waals surface area contributed by atoms with Gasteiger partial charge in [0.25, 0.3) is 5.60 Å². The smallest absolute Gasteiger partial charge is 0.341 e. The second-order valence-electron chi connectivity index (χ2n) is 2.51. The van der Waals surface area contributed by atoms with Crippen LogP contribution in [0, 0.1) is 23.6 Å². The largest absolute Gasteiger partial charge is 0.498 e. The van der Waals surface area contributed by atoms with Crippen LogP contribution in [-0.4, -0.2) is 18.0 Å². The van der Waals surface area contributed by atoms with Gasteiger partial charge in [0, 0.05) is 11.4 Å². The third kappa shape index (κ3) is 3.14. The lowest BCUT2D eigenvalue weighted by molar-refractivity contribution is -0.134. The van der Waals surface area contributed by atoms with Crippen molar-refractivity contribution >= 4 is 5.78 Å². The predicted molar refractivity (Wildman–Crippen MR) is 49.1 cm³/mol. The summed E-state index contributed by atoms with van der Waals surface area (Å²) in [5.41, 5.74) is -1.40. The number of ketones is 1. The first-order valence-corrected chi connectivity index (χ1v) is 3.81. The van der Waals surface area contributed by atoms with Gasteiger partial charge >= 0.3 is 6.07 Å². The summed E-state index contributed by atoms with van der Waals surface area (Å²) < 4.78 is 4.98. The maximum absolute atomic E-state index is 11.3. The highest BCUT2D eigenvalue weighted by Crippen LogP contribution is 2.12. The summed E-state index contributed by atoms with van der Waals surface area (Å²) in [5, 5.41) is 12.4. The molecule has 0 rings (SSSR count). The topological polar surface area (TPSA) is 53.7 Å². The Morgan fingerprint density at radius 3 is 2.77 bits per heavy atom. The van der Waals surface area contributed by atoms with Gasteiger partial charge in [0.1, 0.15) is 6.61 Å². The molecule has 0 bridgehead atoms. The number of Topliss-reactive ketones (excluding diaryl/α,β-unsaturated/α-hetero) is 1. The lowest BCUT2D eigenvalue weighted by Gasteiger charge is -2.14. The van der Waals surface area contributed by atoms with Crippen molar-refractivity contribution in [2.45, 2.75) is 25.9 Å². The molecule has 0 N–H and O–H groups in total. The Kier molecular flexibility index (Phi) is 4.58. The Balaban J connectivity index is 4.60. The Labute approximate surface area is 77.3 Å². The third-order valence-electron chi connectivity index (χ3n) is 1.56. The predicted octanol–water partition coefficient (Wildman–Crippen LogP) is 1.20. The average molecular weight is 181 g/mol. The van der Waals surface area contributed by atoms with Gasteiger partial charge in [-0.1, -0.05) is 12.8 Å². The number of carbonyl (C=O) groups excluding carboxylic acids is 1. The van der Waals surface area contributed by atoms with E-state index < -0.39 is 5.60 Å². The van der Waals surface area contributed by atoms with Crippen molar-refractivity contribution in [2.24, 2.45) is 0 Å². The molecule has 0 heterocycles. The van der Waals surface area contributed by atoms with E-state index in [1.165, 1.54) is 6.92 Å². The van der Waals surface area contributed by atoms with Gasteiger partial charge in [0.2, 0.25) is 0 Å². The minimum Gasteiger partial charge on any atom is -0.498 e. The molecule has 1 atom stereocenters. The van der Waals surface area contributed by atoms with Gasteiger partial charge in [-0.2, -0.15) is 0 Å². The summed E-state index contributed by atoms with van der Waals surface area (Å²) in [5.74, 6) is 1.93. The average Bonchev–Trinajstić information content (AvgIpc) is 2.14. The van der Waals surface area contributed by atoms with E-state index in [0.29, 0.717) is 0 Å². The molecule has 0 fully saturated rings. The summed E-state index contributed by atoms with van der Waals surface area (Å²) >= 11 is 0. The molecule has 0 amide bonds. The van der Waals surface area contributed by atoms with Crippen LogP contribution in [0.25, 0.3) is 5.01 Å². The molecule has 0 spiro atoms. The van der Waals surface area contributed by atoms with Gasteiger partial charge < -0.3 is 9.94 Å². The SMILES string of the molecule is C#CCOC(C)(C#[N+][O-])C(=O)CC. The monoisotopic (exact) mass is 181 g/mol. The fourth-order valence-corrected chi connectivity index (χ4v) is 0.786. The number of carbonyl (C=O) groups is 1. The lowest BCUT2D eigenvalue weighted by atomic mass is 10.0. The van der Waals surface area contributed by atoms with Crippen LogP contribution in [0.4, 0.5) is 0 Å². The molecular weight excluding hydrogens is 170 g/mol. The molecule has 0 saturated carbocycles. The molecule has 0 aliphatic rings. The Hall–Kier alpha value is -1.52. The quantitative estimate of drug-likeness (QED) is 0.483. The second kappa shape index (κ2) is 5.18. The van der Waals surface area contributed by atoms with Gasteiger partial charge in [-0.3, -0.25) is 4.79 Å². The Morgan fingerprint density at radius 2 is 2.38 bits per heavy atom. The van der Waals surface area contributed by atoms with Crippen LogP contribution in [0.1, 0.15) is 20.3 Å². The molecule has 0 aromatic carbocycles. The summed E-state index contributed by atoms with van der Waals surface area (Å²) in [7, 11) is 0. The highest BCUT2D eigenvalue weighted by Gasteiger charge is 2.37. The van der Waals surface area contributed by atoms with Crippen molar-refractivity contribution in [3.05, 3.63) is 10.2 Å². The molecule has 0 radical (unpaired) electrons. The molecule has 4 heteroatoms. The van der Waals surface area contributed by atoms with Gasteiger partial charge in [0.15, 0.2) is 5.78 Å². The van der Waals surface area contributed by atoms with Crippen molar-refractivity contribution in [2.75, 3.05) is 6.61 Å². The molecule has 0 aliphatic carbocycles. The van der Waals surface area contributed by atoms with Gasteiger partial charge in [-0.15, -0.1) is 6.42 Å². The maximum Gasteiger partial charge on any atom is 0.341 e. The van der Waals surface area contributed by atoms with Crippen molar-refractivity contribution in [3.63, 3.8) is 0 Å². The maximum atomic E-state index is 11.3. The van der Waals surface area contributed by atoms with Crippen molar-refractivity contribution in [1.29, 1.82) is 0 Å². The molecule has 0 aromatic rings. The molecule has 4 nitrogen and oxygen atoms in total. The van der Waals surface area contributed by atoms with Crippen LogP contribution in [0.2, 0.25) is 0 Å². The molecule has 13 heavy (non-hydrogen) atoms. The van der Waals surface area contributed by atoms with E-state index >= 15 is 0 Å². The van der Waals surface area contributed by atoms with E-state index in [1.54, 1.807) is 6.92 Å².